The van der Waals surface area contributed by atoms with Gasteiger partial charge >= 0.3 is 5.97 Å². The highest BCUT2D eigenvalue weighted by atomic mass is 127. The standard InChI is InChI=1S/C27H36INO5/c1-18(7-6-8-19(2)16-28)13-14-27(5)20(3)15-24(30)25(21(27)4)26(31)34-17-22-9-11-23(12-10-22)29(32)33/h7,9-12,16,20,24,30H,6,8,13-15,17H2,1-5H3/b18-7+,19-16+/t20-,24+,27-/m1/s1. The van der Waals surface area contributed by atoms with Gasteiger partial charge in [0.25, 0.3) is 5.69 Å². The molecule has 0 spiro atoms. The van der Waals surface area contributed by atoms with E-state index in [4.69, 9.17) is 4.74 Å². The van der Waals surface area contributed by atoms with Crippen LogP contribution >= 0.6 is 22.6 Å². The van der Waals surface area contributed by atoms with Gasteiger partial charge in [-0.15, -0.1) is 0 Å². The summed E-state index contributed by atoms with van der Waals surface area (Å²) in [6.45, 7) is 10.6. The summed E-state index contributed by atoms with van der Waals surface area (Å²) in [5, 5.41) is 21.5. The van der Waals surface area contributed by atoms with E-state index < -0.39 is 17.0 Å². The molecule has 0 aliphatic heterocycles. The first kappa shape index (κ1) is 28.2. The number of carbonyl (C=O) groups is 1. The van der Waals surface area contributed by atoms with Gasteiger partial charge in [0.05, 0.1) is 16.6 Å². The molecule has 0 unspecified atom stereocenters. The van der Waals surface area contributed by atoms with E-state index in [0.29, 0.717) is 17.6 Å². The number of nitro benzene ring substituents is 1. The third kappa shape index (κ3) is 7.25. The summed E-state index contributed by atoms with van der Waals surface area (Å²) in [4.78, 5) is 23.3. The van der Waals surface area contributed by atoms with Crippen LogP contribution in [0, 0.1) is 21.4 Å². The number of aliphatic hydroxyl groups is 1. The van der Waals surface area contributed by atoms with Crippen LogP contribution in [-0.4, -0.2) is 22.1 Å². The van der Waals surface area contributed by atoms with Crippen molar-refractivity contribution in [2.24, 2.45) is 11.3 Å². The number of ether oxygens (including phenoxy) is 1. The maximum absolute atomic E-state index is 13.0. The van der Waals surface area contributed by atoms with Crippen molar-refractivity contribution in [2.75, 3.05) is 0 Å². The molecule has 3 atom stereocenters. The number of benzene rings is 1. The molecule has 0 amide bonds. The molecule has 6 nitrogen and oxygen atoms in total. The second kappa shape index (κ2) is 12.6. The van der Waals surface area contributed by atoms with Crippen molar-refractivity contribution in [2.45, 2.75) is 79.4 Å². The lowest BCUT2D eigenvalue weighted by atomic mass is 9.62. The summed E-state index contributed by atoms with van der Waals surface area (Å²) in [5.74, 6) is -0.291. The fourth-order valence-corrected chi connectivity index (χ4v) is 4.77. The smallest absolute Gasteiger partial charge is 0.336 e. The third-order valence-corrected chi connectivity index (χ3v) is 8.32. The second-order valence-electron chi connectivity index (χ2n) is 9.65. The fourth-order valence-electron chi connectivity index (χ4n) is 4.46. The zero-order chi connectivity index (χ0) is 25.5. The Morgan fingerprint density at radius 1 is 1.26 bits per heavy atom. The number of aliphatic hydroxyl groups excluding tert-OH is 1. The van der Waals surface area contributed by atoms with Crippen LogP contribution in [0.15, 0.2) is 56.7 Å². The van der Waals surface area contributed by atoms with Crippen LogP contribution in [0.4, 0.5) is 5.69 Å². The Kier molecular flexibility index (Phi) is 10.5. The lowest BCUT2D eigenvalue weighted by molar-refractivity contribution is -0.384. The number of non-ortho nitro benzene ring substituents is 1. The van der Waals surface area contributed by atoms with Gasteiger partial charge in [0, 0.05) is 12.1 Å². The fraction of sp³-hybridized carbons (Fsp3) is 0.519. The van der Waals surface area contributed by atoms with Gasteiger partial charge in [0.15, 0.2) is 0 Å². The van der Waals surface area contributed by atoms with E-state index in [1.165, 1.54) is 23.3 Å². The number of rotatable bonds is 10. The van der Waals surface area contributed by atoms with Crippen LogP contribution in [0.1, 0.15) is 72.3 Å². The molecule has 1 aromatic carbocycles. The molecule has 0 radical (unpaired) electrons. The first-order chi connectivity index (χ1) is 16.0. The molecule has 0 heterocycles. The molecule has 1 aliphatic rings. The Balaban J connectivity index is 2.11. The van der Waals surface area contributed by atoms with Gasteiger partial charge in [0.1, 0.15) is 6.61 Å². The average molecular weight is 581 g/mol. The van der Waals surface area contributed by atoms with Crippen molar-refractivity contribution in [3.05, 3.63) is 72.4 Å². The summed E-state index contributed by atoms with van der Waals surface area (Å²) >= 11 is 2.27. The number of nitro groups is 1. The largest absolute Gasteiger partial charge is 0.457 e. The molecule has 1 N–H and O–H groups in total. The van der Waals surface area contributed by atoms with Crippen molar-refractivity contribution in [3.63, 3.8) is 0 Å². The van der Waals surface area contributed by atoms with Gasteiger partial charge in [0.2, 0.25) is 0 Å². The maximum atomic E-state index is 13.0. The minimum Gasteiger partial charge on any atom is -0.457 e. The van der Waals surface area contributed by atoms with E-state index in [1.807, 2.05) is 6.92 Å². The van der Waals surface area contributed by atoms with E-state index in [0.717, 1.165) is 31.3 Å². The van der Waals surface area contributed by atoms with Crippen molar-refractivity contribution in [1.82, 2.24) is 0 Å². The highest BCUT2D eigenvalue weighted by molar-refractivity contribution is 14.1. The quantitative estimate of drug-likeness (QED) is 0.104. The van der Waals surface area contributed by atoms with Gasteiger partial charge < -0.3 is 9.84 Å². The predicted octanol–water partition coefficient (Wildman–Crippen LogP) is 7.21. The van der Waals surface area contributed by atoms with Gasteiger partial charge in [-0.25, -0.2) is 4.79 Å². The molecule has 1 aliphatic carbocycles. The first-order valence-corrected chi connectivity index (χ1v) is 13.0. The molecule has 34 heavy (non-hydrogen) atoms. The molecular formula is C27H36INO5. The van der Waals surface area contributed by atoms with E-state index in [-0.39, 0.29) is 23.6 Å². The van der Waals surface area contributed by atoms with Crippen molar-refractivity contribution >= 4 is 34.2 Å². The normalized spacial score (nSPS) is 23.7. The highest BCUT2D eigenvalue weighted by Crippen LogP contribution is 2.48. The maximum Gasteiger partial charge on any atom is 0.336 e. The second-order valence-corrected chi connectivity index (χ2v) is 10.3. The van der Waals surface area contributed by atoms with Crippen LogP contribution in [-0.2, 0) is 16.1 Å². The summed E-state index contributed by atoms with van der Waals surface area (Å²) < 4.78 is 7.62. The minimum absolute atomic E-state index is 0.000469. The number of esters is 1. The predicted molar refractivity (Wildman–Crippen MR) is 143 cm³/mol. The third-order valence-electron chi connectivity index (χ3n) is 7.25. The number of hydrogen-bond donors (Lipinski definition) is 1. The van der Waals surface area contributed by atoms with Gasteiger partial charge in [-0.3, -0.25) is 10.1 Å². The number of carbonyl (C=O) groups excluding carboxylic acids is 1. The van der Waals surface area contributed by atoms with Crippen molar-refractivity contribution in [3.8, 4) is 0 Å². The Bertz CT molecular complexity index is 979. The SMILES string of the molecule is CC1=C(C(=O)OCc2ccc([N+](=O)[O-])cc2)[C@@H](O)C[C@@H](C)[C@@]1(C)CC/C(C)=C/CC/C(C)=C/I. The average Bonchev–Trinajstić information content (AvgIpc) is 2.80. The van der Waals surface area contributed by atoms with Crippen LogP contribution < -0.4 is 0 Å². The number of allylic oxidation sites excluding steroid dienone is 4. The Morgan fingerprint density at radius 3 is 2.50 bits per heavy atom. The molecule has 0 fully saturated rings. The monoisotopic (exact) mass is 581 g/mol. The molecule has 0 saturated carbocycles. The van der Waals surface area contributed by atoms with Gasteiger partial charge in [-0.05, 0) is 86.0 Å². The van der Waals surface area contributed by atoms with Crippen LogP contribution in [0.25, 0.3) is 0 Å². The lowest BCUT2D eigenvalue weighted by Crippen LogP contribution is -2.39. The zero-order valence-corrected chi connectivity index (χ0v) is 22.9. The van der Waals surface area contributed by atoms with E-state index >= 15 is 0 Å². The molecule has 186 valence electrons. The number of halogens is 1. The lowest BCUT2D eigenvalue weighted by Gasteiger charge is -2.43. The molecule has 0 bridgehead atoms. The number of hydrogen-bond acceptors (Lipinski definition) is 5. The summed E-state index contributed by atoms with van der Waals surface area (Å²) in [5.41, 5.74) is 4.40. The van der Waals surface area contributed by atoms with Gasteiger partial charge in [-0.2, -0.15) is 0 Å². The topological polar surface area (TPSA) is 89.7 Å². The molecule has 0 saturated heterocycles. The molecular weight excluding hydrogens is 545 g/mol. The molecule has 7 heteroatoms. The van der Waals surface area contributed by atoms with Crippen molar-refractivity contribution in [1.29, 1.82) is 0 Å². The summed E-state index contributed by atoms with van der Waals surface area (Å²) in [7, 11) is 0. The van der Waals surface area contributed by atoms with Crippen LogP contribution in [0.5, 0.6) is 0 Å². The van der Waals surface area contributed by atoms with E-state index in [9.17, 15) is 20.0 Å². The molecule has 2 rings (SSSR count). The van der Waals surface area contributed by atoms with E-state index in [2.05, 4.69) is 60.4 Å². The summed E-state index contributed by atoms with van der Waals surface area (Å²) in [6, 6.07) is 5.92. The summed E-state index contributed by atoms with van der Waals surface area (Å²) in [6.07, 6.45) is 5.88. The Morgan fingerprint density at radius 2 is 1.91 bits per heavy atom. The van der Waals surface area contributed by atoms with Gasteiger partial charge in [-0.1, -0.05) is 59.2 Å². The number of nitrogens with zero attached hydrogens (tertiary/aromatic N) is 1. The first-order valence-electron chi connectivity index (χ1n) is 11.7. The van der Waals surface area contributed by atoms with Crippen LogP contribution in [0.2, 0.25) is 0 Å². The molecule has 1 aromatic rings. The Labute approximate surface area is 216 Å². The zero-order valence-electron chi connectivity index (χ0n) is 20.8. The van der Waals surface area contributed by atoms with Crippen molar-refractivity contribution < 1.29 is 19.6 Å². The van der Waals surface area contributed by atoms with Crippen LogP contribution in [0.3, 0.4) is 0 Å². The highest BCUT2D eigenvalue weighted by Gasteiger charge is 2.43. The minimum atomic E-state index is -0.855. The molecule has 0 aromatic heterocycles. The Hall–Kier alpha value is -2.00. The van der Waals surface area contributed by atoms with E-state index in [1.54, 1.807) is 12.1 Å².